The molecule has 2 heteroatoms. The Morgan fingerprint density at radius 2 is 2.43 bits per heavy atom. The SMILES string of the molecule is [CH2]C(C)C(=O)CCl. The van der Waals surface area contributed by atoms with Crippen LogP contribution in [0.3, 0.4) is 0 Å². The van der Waals surface area contributed by atoms with Crippen LogP contribution in [0.25, 0.3) is 0 Å². The first-order valence-electron chi connectivity index (χ1n) is 2.10. The van der Waals surface area contributed by atoms with Crippen LogP contribution < -0.4 is 0 Å². The smallest absolute Gasteiger partial charge is 0.150 e. The molecule has 0 bridgehead atoms. The molecule has 1 atom stereocenters. The van der Waals surface area contributed by atoms with Crippen LogP contribution >= 0.6 is 11.6 Å². The van der Waals surface area contributed by atoms with Gasteiger partial charge in [-0.1, -0.05) is 6.92 Å². The van der Waals surface area contributed by atoms with Crippen molar-refractivity contribution < 1.29 is 4.79 Å². The van der Waals surface area contributed by atoms with E-state index in [0.29, 0.717) is 0 Å². The van der Waals surface area contributed by atoms with Crippen LogP contribution in [0.5, 0.6) is 0 Å². The van der Waals surface area contributed by atoms with Gasteiger partial charge in [0.2, 0.25) is 0 Å². The van der Waals surface area contributed by atoms with Gasteiger partial charge in [0, 0.05) is 5.92 Å². The average molecular weight is 120 g/mol. The summed E-state index contributed by atoms with van der Waals surface area (Å²) in [5, 5.41) is 0. The highest BCUT2D eigenvalue weighted by Crippen LogP contribution is 1.93. The van der Waals surface area contributed by atoms with Crippen LogP contribution in [-0.2, 0) is 4.79 Å². The molecular weight excluding hydrogens is 112 g/mol. The van der Waals surface area contributed by atoms with Gasteiger partial charge in [-0.3, -0.25) is 4.79 Å². The molecule has 1 nitrogen and oxygen atoms in total. The van der Waals surface area contributed by atoms with E-state index in [1.54, 1.807) is 6.92 Å². The number of rotatable bonds is 2. The predicted molar refractivity (Wildman–Crippen MR) is 30.2 cm³/mol. The maximum atomic E-state index is 10.3. The third kappa shape index (κ3) is 2.63. The average Bonchev–Trinajstić information content (AvgIpc) is 1.65. The Labute approximate surface area is 48.7 Å². The number of ketones is 1. The third-order valence-corrected chi connectivity index (χ3v) is 0.945. The number of carbonyl (C=O) groups is 1. The summed E-state index contributed by atoms with van der Waals surface area (Å²) in [5.41, 5.74) is 0. The highest BCUT2D eigenvalue weighted by molar-refractivity contribution is 6.27. The van der Waals surface area contributed by atoms with Gasteiger partial charge >= 0.3 is 0 Å². The van der Waals surface area contributed by atoms with Crippen LogP contribution in [-0.4, -0.2) is 11.7 Å². The summed E-state index contributed by atoms with van der Waals surface area (Å²) in [4.78, 5) is 10.3. The van der Waals surface area contributed by atoms with Crippen molar-refractivity contribution in [2.45, 2.75) is 6.92 Å². The minimum atomic E-state index is -0.155. The molecule has 0 amide bonds. The lowest BCUT2D eigenvalue weighted by Gasteiger charge is -1.94. The molecule has 0 aliphatic heterocycles. The zero-order valence-corrected chi connectivity index (χ0v) is 5.03. The highest BCUT2D eigenvalue weighted by Gasteiger charge is 2.02. The van der Waals surface area contributed by atoms with Gasteiger partial charge in [-0.2, -0.15) is 0 Å². The molecule has 41 valence electrons. The second-order valence-electron chi connectivity index (χ2n) is 1.50. The number of carbonyl (C=O) groups excluding carboxylic acids is 1. The van der Waals surface area contributed by atoms with Gasteiger partial charge in [-0.25, -0.2) is 0 Å². The van der Waals surface area contributed by atoms with Crippen molar-refractivity contribution in [3.63, 3.8) is 0 Å². The quantitative estimate of drug-likeness (QED) is 0.501. The molecule has 1 unspecified atom stereocenters. The maximum Gasteiger partial charge on any atom is 0.150 e. The largest absolute Gasteiger partial charge is 0.298 e. The van der Waals surface area contributed by atoms with Crippen molar-refractivity contribution in [3.05, 3.63) is 6.92 Å². The van der Waals surface area contributed by atoms with E-state index in [4.69, 9.17) is 11.6 Å². The van der Waals surface area contributed by atoms with E-state index in [2.05, 4.69) is 6.92 Å². The van der Waals surface area contributed by atoms with Crippen LogP contribution in [0, 0.1) is 12.8 Å². The van der Waals surface area contributed by atoms with E-state index in [0.717, 1.165) is 0 Å². The van der Waals surface area contributed by atoms with E-state index in [-0.39, 0.29) is 17.6 Å². The third-order valence-electron chi connectivity index (χ3n) is 0.681. The van der Waals surface area contributed by atoms with E-state index < -0.39 is 0 Å². The number of hydrogen-bond donors (Lipinski definition) is 0. The van der Waals surface area contributed by atoms with Gasteiger partial charge in [0.1, 0.15) is 5.78 Å². The molecular formula is C5H8ClO. The fraction of sp³-hybridized carbons (Fsp3) is 0.600. The number of alkyl halides is 1. The number of hydrogen-bond acceptors (Lipinski definition) is 1. The molecule has 0 N–H and O–H groups in total. The zero-order chi connectivity index (χ0) is 5.86. The van der Waals surface area contributed by atoms with Gasteiger partial charge in [0.25, 0.3) is 0 Å². The molecule has 0 fully saturated rings. The van der Waals surface area contributed by atoms with Gasteiger partial charge in [-0.15, -0.1) is 11.6 Å². The first-order valence-corrected chi connectivity index (χ1v) is 2.63. The molecule has 0 saturated carbocycles. The van der Waals surface area contributed by atoms with Crippen molar-refractivity contribution in [3.8, 4) is 0 Å². The molecule has 0 heterocycles. The molecule has 0 aromatic rings. The van der Waals surface area contributed by atoms with E-state index in [9.17, 15) is 4.79 Å². The van der Waals surface area contributed by atoms with Crippen molar-refractivity contribution in [1.29, 1.82) is 0 Å². The molecule has 7 heavy (non-hydrogen) atoms. The summed E-state index contributed by atoms with van der Waals surface area (Å²) in [5.74, 6) is -0.0656. The summed E-state index contributed by atoms with van der Waals surface area (Å²) in [6.07, 6.45) is 0. The van der Waals surface area contributed by atoms with Crippen molar-refractivity contribution in [1.82, 2.24) is 0 Å². The van der Waals surface area contributed by atoms with Gasteiger partial charge in [-0.05, 0) is 6.92 Å². The number of Topliss-reactive ketones (excluding diaryl/α,β-unsaturated/α-hetero) is 1. The summed E-state index contributed by atoms with van der Waals surface area (Å²) in [7, 11) is 0. The van der Waals surface area contributed by atoms with Crippen LogP contribution in [0.1, 0.15) is 6.92 Å². The molecule has 0 aliphatic rings. The maximum absolute atomic E-state index is 10.3. The molecule has 1 radical (unpaired) electrons. The van der Waals surface area contributed by atoms with Gasteiger partial charge in [0.05, 0.1) is 5.88 Å². The minimum absolute atomic E-state index is 0.00154. The van der Waals surface area contributed by atoms with E-state index in [1.807, 2.05) is 0 Å². The van der Waals surface area contributed by atoms with Crippen LogP contribution in [0.4, 0.5) is 0 Å². The topological polar surface area (TPSA) is 17.1 Å². The Morgan fingerprint density at radius 1 is 2.00 bits per heavy atom. The van der Waals surface area contributed by atoms with Crippen LogP contribution in [0.15, 0.2) is 0 Å². The Morgan fingerprint density at radius 3 is 2.43 bits per heavy atom. The fourth-order valence-corrected chi connectivity index (χ4v) is 0.395. The molecule has 0 rings (SSSR count). The normalized spacial score (nSPS) is 9.71. The minimum Gasteiger partial charge on any atom is -0.298 e. The summed E-state index contributed by atoms with van der Waals surface area (Å²) >= 11 is 5.16. The highest BCUT2D eigenvalue weighted by atomic mass is 35.5. The first-order chi connectivity index (χ1) is 3.18. The van der Waals surface area contributed by atoms with Crippen LogP contribution in [0.2, 0.25) is 0 Å². The number of halogens is 1. The molecule has 0 saturated heterocycles. The standard InChI is InChI=1S/C5H8ClO/c1-4(2)5(7)3-6/h4H,1,3H2,2H3. The lowest BCUT2D eigenvalue weighted by atomic mass is 10.1. The Hall–Kier alpha value is -0.0400. The van der Waals surface area contributed by atoms with Gasteiger partial charge in [0.15, 0.2) is 0 Å². The molecule has 0 spiro atoms. The summed E-state index contributed by atoms with van der Waals surface area (Å²) < 4.78 is 0. The monoisotopic (exact) mass is 119 g/mol. The van der Waals surface area contributed by atoms with Crippen molar-refractivity contribution in [2.24, 2.45) is 5.92 Å². The van der Waals surface area contributed by atoms with E-state index in [1.165, 1.54) is 0 Å². The first kappa shape index (κ1) is 6.96. The summed E-state index contributed by atoms with van der Waals surface area (Å²) in [6.45, 7) is 5.20. The molecule has 0 aromatic carbocycles. The van der Waals surface area contributed by atoms with Gasteiger partial charge < -0.3 is 0 Å². The Bertz CT molecular complexity index is 68.5. The second kappa shape index (κ2) is 3.03. The Kier molecular flexibility index (Phi) is 3.01. The molecule has 0 aromatic heterocycles. The fourth-order valence-electron chi connectivity index (χ4n) is 0.132. The zero-order valence-electron chi connectivity index (χ0n) is 4.28. The molecule has 0 aliphatic carbocycles. The summed E-state index contributed by atoms with van der Waals surface area (Å²) in [6, 6.07) is 0. The second-order valence-corrected chi connectivity index (χ2v) is 1.77. The predicted octanol–water partition coefficient (Wildman–Crippen LogP) is 1.26. The Balaban J connectivity index is 3.35. The lowest BCUT2D eigenvalue weighted by Crippen LogP contribution is -2.07. The van der Waals surface area contributed by atoms with E-state index >= 15 is 0 Å². The van der Waals surface area contributed by atoms with Crippen molar-refractivity contribution >= 4 is 17.4 Å². The lowest BCUT2D eigenvalue weighted by molar-refractivity contribution is -0.118. The van der Waals surface area contributed by atoms with Crippen molar-refractivity contribution in [2.75, 3.05) is 5.88 Å².